The summed E-state index contributed by atoms with van der Waals surface area (Å²) in [6.07, 6.45) is 0.873. The van der Waals surface area contributed by atoms with Gasteiger partial charge in [-0.25, -0.2) is 13.8 Å². The lowest BCUT2D eigenvalue weighted by Crippen LogP contribution is -2.11. The molecule has 134 valence electrons. The van der Waals surface area contributed by atoms with Crippen LogP contribution in [0.4, 0.5) is 13.9 Å². The van der Waals surface area contributed by atoms with Gasteiger partial charge >= 0.3 is 0 Å². The van der Waals surface area contributed by atoms with Crippen LogP contribution in [0.3, 0.4) is 0 Å². The first-order valence-electron chi connectivity index (χ1n) is 8.02. The predicted molar refractivity (Wildman–Crippen MR) is 97.6 cm³/mol. The lowest BCUT2D eigenvalue weighted by molar-refractivity contribution is 0.102. The van der Waals surface area contributed by atoms with Crippen LogP contribution in [0.5, 0.6) is 5.75 Å². The van der Waals surface area contributed by atoms with Crippen molar-refractivity contribution in [3.8, 4) is 17.0 Å². The van der Waals surface area contributed by atoms with Gasteiger partial charge in [0.1, 0.15) is 17.4 Å². The van der Waals surface area contributed by atoms with Crippen LogP contribution in [0, 0.1) is 11.6 Å². The van der Waals surface area contributed by atoms with E-state index < -0.39 is 11.6 Å². The zero-order valence-electron chi connectivity index (χ0n) is 14.0. The highest BCUT2D eigenvalue weighted by Crippen LogP contribution is 2.27. The van der Waals surface area contributed by atoms with E-state index in [2.05, 4.69) is 10.3 Å². The van der Waals surface area contributed by atoms with Crippen molar-refractivity contribution in [2.75, 3.05) is 11.9 Å². The maximum absolute atomic E-state index is 13.8. The monoisotopic (exact) mass is 374 g/mol. The van der Waals surface area contributed by atoms with Crippen molar-refractivity contribution in [1.29, 1.82) is 0 Å². The molecular weight excluding hydrogens is 358 g/mol. The third-order valence-corrected chi connectivity index (χ3v) is 4.26. The number of benzene rings is 2. The molecule has 7 heteroatoms. The summed E-state index contributed by atoms with van der Waals surface area (Å²) in [6.45, 7) is 2.57. The van der Waals surface area contributed by atoms with Crippen molar-refractivity contribution in [2.45, 2.75) is 13.3 Å². The quantitative estimate of drug-likeness (QED) is 0.651. The van der Waals surface area contributed by atoms with Gasteiger partial charge in [0.15, 0.2) is 5.13 Å². The second-order valence-corrected chi connectivity index (χ2v) is 6.35. The topological polar surface area (TPSA) is 51.2 Å². The number of ether oxygens (including phenoxy) is 1. The first-order valence-corrected chi connectivity index (χ1v) is 8.90. The number of nitrogens with one attached hydrogen (secondary N) is 1. The Morgan fingerprint density at radius 3 is 2.85 bits per heavy atom. The molecule has 4 nitrogen and oxygen atoms in total. The van der Waals surface area contributed by atoms with Crippen molar-refractivity contribution in [3.63, 3.8) is 0 Å². The van der Waals surface area contributed by atoms with Gasteiger partial charge in [0.25, 0.3) is 5.91 Å². The summed E-state index contributed by atoms with van der Waals surface area (Å²) in [7, 11) is 0. The Kier molecular flexibility index (Phi) is 5.58. The molecule has 0 saturated heterocycles. The molecule has 26 heavy (non-hydrogen) atoms. The summed E-state index contributed by atoms with van der Waals surface area (Å²) >= 11 is 1.16. The molecule has 0 atom stereocenters. The number of aromatic nitrogens is 1. The summed E-state index contributed by atoms with van der Waals surface area (Å²) < 4.78 is 32.4. The van der Waals surface area contributed by atoms with Gasteiger partial charge in [-0.1, -0.05) is 13.0 Å². The van der Waals surface area contributed by atoms with Gasteiger partial charge in [-0.3, -0.25) is 10.1 Å². The molecule has 1 amide bonds. The standard InChI is InChI=1S/C19H16F2N2O2S/c1-2-8-25-14-5-3-4-12(9-14)18(24)23-19-22-17(11-26-19)15-7-6-13(20)10-16(15)21/h3-7,9-11H,2,8H2,1H3,(H,22,23,24). The van der Waals surface area contributed by atoms with Crippen molar-refractivity contribution in [3.05, 3.63) is 65.0 Å². The lowest BCUT2D eigenvalue weighted by Gasteiger charge is -2.06. The van der Waals surface area contributed by atoms with Crippen LogP contribution in [-0.2, 0) is 0 Å². The minimum Gasteiger partial charge on any atom is -0.494 e. The first-order chi connectivity index (χ1) is 12.6. The van der Waals surface area contributed by atoms with Crippen LogP contribution in [0.15, 0.2) is 47.8 Å². The number of carbonyl (C=O) groups excluding carboxylic acids is 1. The fourth-order valence-electron chi connectivity index (χ4n) is 2.27. The molecular formula is C19H16F2N2O2S. The SMILES string of the molecule is CCCOc1cccc(C(=O)Nc2nc(-c3ccc(F)cc3F)cs2)c1. The third-order valence-electron chi connectivity index (χ3n) is 3.50. The van der Waals surface area contributed by atoms with E-state index in [1.54, 1.807) is 29.6 Å². The molecule has 3 rings (SSSR count). The average molecular weight is 374 g/mol. The van der Waals surface area contributed by atoms with Crippen LogP contribution < -0.4 is 10.1 Å². The fraction of sp³-hybridized carbons (Fsp3) is 0.158. The van der Waals surface area contributed by atoms with E-state index in [9.17, 15) is 13.6 Å². The summed E-state index contributed by atoms with van der Waals surface area (Å²) in [5.41, 5.74) is 0.948. The highest BCUT2D eigenvalue weighted by molar-refractivity contribution is 7.14. The molecule has 0 fully saturated rings. The highest BCUT2D eigenvalue weighted by Gasteiger charge is 2.13. The number of carbonyl (C=O) groups is 1. The molecule has 0 aliphatic heterocycles. The van der Waals surface area contributed by atoms with Crippen LogP contribution in [0.1, 0.15) is 23.7 Å². The van der Waals surface area contributed by atoms with Crippen molar-refractivity contribution >= 4 is 22.4 Å². The van der Waals surface area contributed by atoms with Gasteiger partial charge in [-0.2, -0.15) is 0 Å². The molecule has 1 aromatic heterocycles. The zero-order valence-corrected chi connectivity index (χ0v) is 14.8. The predicted octanol–water partition coefficient (Wildman–Crippen LogP) is 5.13. The summed E-state index contributed by atoms with van der Waals surface area (Å²) in [5, 5.41) is 4.61. The number of amides is 1. The molecule has 0 aliphatic rings. The molecule has 0 unspecified atom stereocenters. The minimum absolute atomic E-state index is 0.179. The fourth-order valence-corrected chi connectivity index (χ4v) is 2.97. The Bertz CT molecular complexity index is 927. The number of nitrogens with zero attached hydrogens (tertiary/aromatic N) is 1. The smallest absolute Gasteiger partial charge is 0.257 e. The van der Waals surface area contributed by atoms with Crippen molar-refractivity contribution in [1.82, 2.24) is 4.98 Å². The van der Waals surface area contributed by atoms with E-state index in [1.807, 2.05) is 6.92 Å². The molecule has 1 heterocycles. The highest BCUT2D eigenvalue weighted by atomic mass is 32.1. The molecule has 2 aromatic carbocycles. The largest absolute Gasteiger partial charge is 0.494 e. The van der Waals surface area contributed by atoms with Crippen LogP contribution >= 0.6 is 11.3 Å². The van der Waals surface area contributed by atoms with Crippen LogP contribution in [-0.4, -0.2) is 17.5 Å². The molecule has 3 aromatic rings. The molecule has 0 radical (unpaired) electrons. The van der Waals surface area contributed by atoms with E-state index in [0.717, 1.165) is 29.9 Å². The number of anilines is 1. The third kappa shape index (κ3) is 4.23. The maximum Gasteiger partial charge on any atom is 0.257 e. The van der Waals surface area contributed by atoms with E-state index in [1.165, 1.54) is 6.07 Å². The van der Waals surface area contributed by atoms with E-state index >= 15 is 0 Å². The second kappa shape index (κ2) is 8.05. The first kappa shape index (κ1) is 18.0. The summed E-state index contributed by atoms with van der Waals surface area (Å²) in [5.74, 6) is -1.07. The minimum atomic E-state index is -0.700. The Morgan fingerprint density at radius 1 is 1.23 bits per heavy atom. The molecule has 0 bridgehead atoms. The second-order valence-electron chi connectivity index (χ2n) is 5.49. The number of hydrogen-bond donors (Lipinski definition) is 1. The van der Waals surface area contributed by atoms with E-state index in [0.29, 0.717) is 28.7 Å². The number of hydrogen-bond acceptors (Lipinski definition) is 4. The van der Waals surface area contributed by atoms with Crippen molar-refractivity contribution < 1.29 is 18.3 Å². The van der Waals surface area contributed by atoms with Gasteiger partial charge < -0.3 is 4.74 Å². The van der Waals surface area contributed by atoms with Crippen LogP contribution in [0.2, 0.25) is 0 Å². The molecule has 0 saturated carbocycles. The van der Waals surface area contributed by atoms with Gasteiger partial charge in [0, 0.05) is 22.6 Å². The van der Waals surface area contributed by atoms with Gasteiger partial charge in [0.2, 0.25) is 0 Å². The number of rotatable bonds is 6. The molecule has 0 aliphatic carbocycles. The van der Waals surface area contributed by atoms with E-state index in [-0.39, 0.29) is 11.5 Å². The van der Waals surface area contributed by atoms with Crippen molar-refractivity contribution in [2.24, 2.45) is 0 Å². The maximum atomic E-state index is 13.8. The van der Waals surface area contributed by atoms with Gasteiger partial charge in [0.05, 0.1) is 12.3 Å². The average Bonchev–Trinajstić information content (AvgIpc) is 3.08. The summed E-state index contributed by atoms with van der Waals surface area (Å²) in [6, 6.07) is 10.1. The molecule has 1 N–H and O–H groups in total. The lowest BCUT2D eigenvalue weighted by atomic mass is 10.1. The Hall–Kier alpha value is -2.80. The van der Waals surface area contributed by atoms with E-state index in [4.69, 9.17) is 4.74 Å². The Morgan fingerprint density at radius 2 is 2.08 bits per heavy atom. The van der Waals surface area contributed by atoms with Gasteiger partial charge in [-0.05, 0) is 36.8 Å². The zero-order chi connectivity index (χ0) is 18.5. The van der Waals surface area contributed by atoms with Gasteiger partial charge in [-0.15, -0.1) is 11.3 Å². The molecule has 0 spiro atoms. The summed E-state index contributed by atoms with van der Waals surface area (Å²) in [4.78, 5) is 16.6. The van der Waals surface area contributed by atoms with Crippen LogP contribution in [0.25, 0.3) is 11.3 Å². The Labute approximate surface area is 153 Å². The Balaban J connectivity index is 1.73. The normalized spacial score (nSPS) is 10.6. The number of halogens is 2. The number of thiazole rings is 1.